The minimum atomic E-state index is -0.145. The van der Waals surface area contributed by atoms with E-state index in [2.05, 4.69) is 31.0 Å². The van der Waals surface area contributed by atoms with Crippen LogP contribution in [0.2, 0.25) is 0 Å². The third-order valence-corrected chi connectivity index (χ3v) is 2.71. The predicted octanol–water partition coefficient (Wildman–Crippen LogP) is 2.41. The first-order valence-electron chi connectivity index (χ1n) is 6.15. The molecule has 0 radical (unpaired) electrons. The summed E-state index contributed by atoms with van der Waals surface area (Å²) in [5.41, 5.74) is 1.60. The lowest BCUT2D eigenvalue weighted by molar-refractivity contribution is -0.117. The van der Waals surface area contributed by atoms with Gasteiger partial charge in [0.2, 0.25) is 5.91 Å². The molecule has 0 heterocycles. The Morgan fingerprint density at radius 1 is 1.39 bits per heavy atom. The van der Waals surface area contributed by atoms with Crippen LogP contribution < -0.4 is 5.32 Å². The molecular formula is C15H19NO2. The average Bonchev–Trinajstić information content (AvgIpc) is 2.37. The average molecular weight is 245 g/mol. The third kappa shape index (κ3) is 5.03. The molecule has 1 aromatic rings. The Labute approximate surface area is 108 Å². The van der Waals surface area contributed by atoms with Crippen molar-refractivity contribution < 1.29 is 9.90 Å². The van der Waals surface area contributed by atoms with E-state index in [1.165, 1.54) is 0 Å². The van der Waals surface area contributed by atoms with E-state index in [1.54, 1.807) is 0 Å². The maximum Gasteiger partial charge on any atom is 0.224 e. The van der Waals surface area contributed by atoms with Crippen LogP contribution in [0.25, 0.3) is 0 Å². The quantitative estimate of drug-likeness (QED) is 0.800. The molecule has 0 aromatic heterocycles. The van der Waals surface area contributed by atoms with Crippen LogP contribution in [-0.4, -0.2) is 17.6 Å². The molecule has 0 aliphatic heterocycles. The van der Waals surface area contributed by atoms with Crippen LogP contribution >= 0.6 is 0 Å². The van der Waals surface area contributed by atoms with Crippen molar-refractivity contribution in [1.29, 1.82) is 0 Å². The molecule has 0 saturated carbocycles. The maximum atomic E-state index is 11.7. The predicted molar refractivity (Wildman–Crippen MR) is 73.1 cm³/mol. The van der Waals surface area contributed by atoms with Crippen LogP contribution in [0.5, 0.6) is 0 Å². The summed E-state index contributed by atoms with van der Waals surface area (Å²) in [6.07, 6.45) is 1.55. The largest absolute Gasteiger partial charge is 0.384 e. The molecular weight excluding hydrogens is 226 g/mol. The van der Waals surface area contributed by atoms with E-state index >= 15 is 0 Å². The van der Waals surface area contributed by atoms with Crippen LogP contribution in [0, 0.1) is 17.8 Å². The van der Waals surface area contributed by atoms with Crippen LogP contribution in [-0.2, 0) is 4.79 Å². The Bertz CT molecular complexity index is 440. The Balaban J connectivity index is 2.55. The molecule has 1 atom stereocenters. The second kappa shape index (κ2) is 7.52. The van der Waals surface area contributed by atoms with Crippen molar-refractivity contribution in [2.45, 2.75) is 26.7 Å². The van der Waals surface area contributed by atoms with Gasteiger partial charge in [0.05, 0.1) is 0 Å². The number of aliphatic hydroxyl groups excluding tert-OH is 1. The fraction of sp³-hybridized carbons (Fsp3) is 0.400. The summed E-state index contributed by atoms with van der Waals surface area (Å²) in [5.74, 6) is 5.82. The van der Waals surface area contributed by atoms with Gasteiger partial charge in [0.15, 0.2) is 0 Å². The van der Waals surface area contributed by atoms with E-state index < -0.39 is 0 Å². The van der Waals surface area contributed by atoms with Gasteiger partial charge in [-0.05, 0) is 30.2 Å². The van der Waals surface area contributed by atoms with Crippen molar-refractivity contribution in [1.82, 2.24) is 0 Å². The smallest absolute Gasteiger partial charge is 0.224 e. The molecule has 1 aromatic carbocycles. The number of carbonyl (C=O) groups is 1. The zero-order chi connectivity index (χ0) is 13.4. The molecule has 3 nitrogen and oxygen atoms in total. The van der Waals surface area contributed by atoms with Gasteiger partial charge >= 0.3 is 0 Å². The van der Waals surface area contributed by atoms with Crippen molar-refractivity contribution in [3.63, 3.8) is 0 Å². The fourth-order valence-electron chi connectivity index (χ4n) is 1.45. The number of carbonyl (C=O) groups excluding carboxylic acids is 1. The van der Waals surface area contributed by atoms with Crippen molar-refractivity contribution in [3.8, 4) is 11.8 Å². The molecule has 1 rings (SSSR count). The van der Waals surface area contributed by atoms with E-state index in [0.717, 1.165) is 17.7 Å². The molecule has 0 bridgehead atoms. The van der Waals surface area contributed by atoms with Crippen molar-refractivity contribution in [2.75, 3.05) is 11.9 Å². The summed E-state index contributed by atoms with van der Waals surface area (Å²) < 4.78 is 0. The zero-order valence-electron chi connectivity index (χ0n) is 10.9. The number of hydrogen-bond donors (Lipinski definition) is 2. The highest BCUT2D eigenvalue weighted by atomic mass is 16.2. The molecule has 0 aliphatic carbocycles. The second-order valence-electron chi connectivity index (χ2n) is 4.30. The SMILES string of the molecule is CCC(C)CC(=O)Nc1ccc(C#CCO)cc1. The van der Waals surface area contributed by atoms with Crippen LogP contribution in [0.1, 0.15) is 32.3 Å². The maximum absolute atomic E-state index is 11.7. The first-order valence-corrected chi connectivity index (χ1v) is 6.15. The second-order valence-corrected chi connectivity index (χ2v) is 4.30. The normalized spacial score (nSPS) is 11.3. The molecule has 1 amide bonds. The molecule has 2 N–H and O–H groups in total. The van der Waals surface area contributed by atoms with E-state index in [1.807, 2.05) is 24.3 Å². The van der Waals surface area contributed by atoms with Gasteiger partial charge in [0, 0.05) is 17.7 Å². The van der Waals surface area contributed by atoms with Gasteiger partial charge in [-0.1, -0.05) is 32.1 Å². The van der Waals surface area contributed by atoms with Gasteiger partial charge in [-0.2, -0.15) is 0 Å². The monoisotopic (exact) mass is 245 g/mol. The molecule has 0 saturated heterocycles. The lowest BCUT2D eigenvalue weighted by atomic mass is 10.0. The fourth-order valence-corrected chi connectivity index (χ4v) is 1.45. The van der Waals surface area contributed by atoms with Crippen molar-refractivity contribution in [3.05, 3.63) is 29.8 Å². The molecule has 0 fully saturated rings. The number of amides is 1. The molecule has 96 valence electrons. The Hall–Kier alpha value is -1.79. The third-order valence-electron chi connectivity index (χ3n) is 2.71. The lowest BCUT2D eigenvalue weighted by Crippen LogP contribution is -2.14. The molecule has 3 heteroatoms. The zero-order valence-corrected chi connectivity index (χ0v) is 10.9. The summed E-state index contributed by atoms with van der Waals surface area (Å²) in [4.78, 5) is 11.7. The van der Waals surface area contributed by atoms with Gasteiger partial charge in [0.25, 0.3) is 0 Å². The standard InChI is InChI=1S/C15H19NO2/c1-3-12(2)11-15(18)16-14-8-6-13(7-9-14)5-4-10-17/h6-9,12,17H,3,10-11H2,1-2H3,(H,16,18). The summed E-state index contributed by atoms with van der Waals surface area (Å²) in [7, 11) is 0. The Kier molecular flexibility index (Phi) is 5.96. The van der Waals surface area contributed by atoms with Crippen LogP contribution in [0.15, 0.2) is 24.3 Å². The number of rotatable bonds is 4. The van der Waals surface area contributed by atoms with Gasteiger partial charge in [-0.15, -0.1) is 0 Å². The first kappa shape index (κ1) is 14.3. The van der Waals surface area contributed by atoms with Gasteiger partial charge in [0.1, 0.15) is 6.61 Å². The lowest BCUT2D eigenvalue weighted by Gasteiger charge is -2.09. The molecule has 0 aliphatic rings. The highest BCUT2D eigenvalue weighted by molar-refractivity contribution is 5.90. The minimum absolute atomic E-state index is 0.0403. The molecule has 1 unspecified atom stereocenters. The van der Waals surface area contributed by atoms with E-state index in [9.17, 15) is 4.79 Å². The number of hydrogen-bond acceptors (Lipinski definition) is 2. The van der Waals surface area contributed by atoms with E-state index in [0.29, 0.717) is 12.3 Å². The summed E-state index contributed by atoms with van der Waals surface area (Å²) in [5, 5.41) is 11.4. The van der Waals surface area contributed by atoms with Crippen LogP contribution in [0.3, 0.4) is 0 Å². The van der Waals surface area contributed by atoms with Gasteiger partial charge < -0.3 is 10.4 Å². The van der Waals surface area contributed by atoms with E-state index in [-0.39, 0.29) is 12.5 Å². The summed E-state index contributed by atoms with van der Waals surface area (Å²) in [6.45, 7) is 3.99. The van der Waals surface area contributed by atoms with E-state index in [4.69, 9.17) is 5.11 Å². The molecule has 18 heavy (non-hydrogen) atoms. The number of anilines is 1. The highest BCUT2D eigenvalue weighted by Crippen LogP contribution is 2.12. The topological polar surface area (TPSA) is 49.3 Å². The van der Waals surface area contributed by atoms with Crippen molar-refractivity contribution in [2.24, 2.45) is 5.92 Å². The Morgan fingerprint density at radius 3 is 2.61 bits per heavy atom. The van der Waals surface area contributed by atoms with Gasteiger partial charge in [-0.25, -0.2) is 0 Å². The number of nitrogens with one attached hydrogen (secondary N) is 1. The molecule has 0 spiro atoms. The highest BCUT2D eigenvalue weighted by Gasteiger charge is 2.07. The minimum Gasteiger partial charge on any atom is -0.384 e. The van der Waals surface area contributed by atoms with Crippen molar-refractivity contribution >= 4 is 11.6 Å². The summed E-state index contributed by atoms with van der Waals surface area (Å²) in [6, 6.07) is 7.27. The Morgan fingerprint density at radius 2 is 2.06 bits per heavy atom. The summed E-state index contributed by atoms with van der Waals surface area (Å²) >= 11 is 0. The van der Waals surface area contributed by atoms with Crippen LogP contribution in [0.4, 0.5) is 5.69 Å². The first-order chi connectivity index (χ1) is 8.65. The number of benzene rings is 1. The number of aliphatic hydroxyl groups is 1. The van der Waals surface area contributed by atoms with Gasteiger partial charge in [-0.3, -0.25) is 4.79 Å².